The summed E-state index contributed by atoms with van der Waals surface area (Å²) in [5, 5.41) is 2.73. The van der Waals surface area contributed by atoms with Crippen molar-refractivity contribution in [1.29, 1.82) is 0 Å². The Labute approximate surface area is 193 Å². The normalized spacial score (nSPS) is 23.1. The van der Waals surface area contributed by atoms with Crippen LogP contribution < -0.4 is 20.9 Å². The summed E-state index contributed by atoms with van der Waals surface area (Å²) < 4.78 is 5.53. The predicted octanol–water partition coefficient (Wildman–Crippen LogP) is -0.0747. The minimum absolute atomic E-state index is 0.0450. The number of morpholine rings is 1. The number of rotatable bonds is 5. The van der Waals surface area contributed by atoms with Crippen LogP contribution in [0.15, 0.2) is 12.4 Å². The molecule has 11 heteroatoms. The van der Waals surface area contributed by atoms with Crippen molar-refractivity contribution < 1.29 is 9.53 Å². The minimum Gasteiger partial charge on any atom is -0.378 e. The topological polar surface area (TPSA) is 126 Å². The molecule has 0 radical (unpaired) electrons. The van der Waals surface area contributed by atoms with Crippen molar-refractivity contribution in [2.45, 2.75) is 25.3 Å². The van der Waals surface area contributed by atoms with Crippen molar-refractivity contribution in [2.75, 3.05) is 75.1 Å². The molecule has 5 heterocycles. The summed E-state index contributed by atoms with van der Waals surface area (Å²) in [6, 6.07) is 0. The maximum absolute atomic E-state index is 11.9. The number of nitrogens with two attached hydrogens (primary N) is 1. The van der Waals surface area contributed by atoms with Crippen molar-refractivity contribution in [3.05, 3.63) is 18.0 Å². The molecule has 2 aromatic heterocycles. The number of ether oxygens (including phenoxy) is 1. The Morgan fingerprint density at radius 1 is 1.18 bits per heavy atom. The van der Waals surface area contributed by atoms with E-state index in [1.165, 1.54) is 0 Å². The Balaban J connectivity index is 1.51. The van der Waals surface area contributed by atoms with Gasteiger partial charge in [0.25, 0.3) is 0 Å². The van der Waals surface area contributed by atoms with Crippen LogP contribution in [0.5, 0.6) is 0 Å². The van der Waals surface area contributed by atoms with Crippen LogP contribution in [0.3, 0.4) is 0 Å². The second-order valence-corrected chi connectivity index (χ2v) is 9.14. The number of aromatic nitrogens is 4. The standard InChI is InChI=1S/C22H31N9O2/c1-22(4-6-29(14-22)13-17(32)24-2)31-5-3-16-18(15-11-25-20(23)26-12-15)27-21(28-19(16)31)30-7-9-33-10-8-30/h11-12H,3-10,13-14H2,1-2H3,(H,24,32)(H2,23,25,26)/t22-/m1/s1. The molecule has 176 valence electrons. The number of nitrogen functional groups attached to an aromatic ring is 1. The molecule has 0 aromatic carbocycles. The van der Waals surface area contributed by atoms with E-state index >= 15 is 0 Å². The van der Waals surface area contributed by atoms with Crippen molar-refractivity contribution in [1.82, 2.24) is 30.2 Å². The number of carbonyl (C=O) groups is 1. The summed E-state index contributed by atoms with van der Waals surface area (Å²) in [5.41, 5.74) is 8.45. The third-order valence-corrected chi connectivity index (χ3v) is 6.88. The summed E-state index contributed by atoms with van der Waals surface area (Å²) in [6.07, 6.45) is 5.29. The molecule has 5 rings (SSSR count). The largest absolute Gasteiger partial charge is 0.378 e. The molecule has 11 nitrogen and oxygen atoms in total. The maximum atomic E-state index is 11.9. The number of nitrogens with one attached hydrogen (secondary N) is 1. The van der Waals surface area contributed by atoms with E-state index in [0.717, 1.165) is 68.2 Å². The van der Waals surface area contributed by atoms with Gasteiger partial charge in [0.2, 0.25) is 17.8 Å². The highest BCUT2D eigenvalue weighted by atomic mass is 16.5. The molecule has 0 bridgehead atoms. The number of nitrogens with zero attached hydrogens (tertiary/aromatic N) is 7. The monoisotopic (exact) mass is 453 g/mol. The molecule has 3 N–H and O–H groups in total. The summed E-state index contributed by atoms with van der Waals surface area (Å²) in [7, 11) is 1.68. The molecule has 33 heavy (non-hydrogen) atoms. The summed E-state index contributed by atoms with van der Waals surface area (Å²) in [6.45, 7) is 8.10. The molecule has 3 aliphatic rings. The molecule has 1 amide bonds. The van der Waals surface area contributed by atoms with Gasteiger partial charge in [-0.05, 0) is 19.8 Å². The Bertz CT molecular complexity index is 1030. The van der Waals surface area contributed by atoms with Gasteiger partial charge >= 0.3 is 0 Å². The van der Waals surface area contributed by atoms with Crippen LogP contribution in [-0.4, -0.2) is 95.8 Å². The van der Waals surface area contributed by atoms with Gasteiger partial charge in [-0.1, -0.05) is 0 Å². The van der Waals surface area contributed by atoms with Gasteiger partial charge in [-0.2, -0.15) is 4.98 Å². The number of fused-ring (bicyclic) bond motifs is 1. The molecule has 0 aliphatic carbocycles. The quantitative estimate of drug-likeness (QED) is 0.635. The second kappa shape index (κ2) is 8.71. The Morgan fingerprint density at radius 3 is 2.67 bits per heavy atom. The van der Waals surface area contributed by atoms with Gasteiger partial charge in [0.05, 0.1) is 31.0 Å². The molecule has 2 saturated heterocycles. The number of carbonyl (C=O) groups excluding carboxylic acids is 1. The van der Waals surface area contributed by atoms with E-state index in [4.69, 9.17) is 20.4 Å². The zero-order chi connectivity index (χ0) is 23.0. The minimum atomic E-state index is -0.106. The molecule has 2 fully saturated rings. The molecule has 1 atom stereocenters. The molecular weight excluding hydrogens is 422 g/mol. The van der Waals surface area contributed by atoms with Gasteiger partial charge in [-0.25, -0.2) is 15.0 Å². The molecular formula is C22H31N9O2. The molecule has 0 unspecified atom stereocenters. The highest BCUT2D eigenvalue weighted by Gasteiger charge is 2.43. The average Bonchev–Trinajstić information content (AvgIpc) is 3.44. The van der Waals surface area contributed by atoms with Gasteiger partial charge in [0.1, 0.15) is 5.82 Å². The summed E-state index contributed by atoms with van der Waals surface area (Å²) in [5.74, 6) is 1.97. The fourth-order valence-electron chi connectivity index (χ4n) is 5.05. The van der Waals surface area contributed by atoms with Crippen LogP contribution in [-0.2, 0) is 16.0 Å². The van der Waals surface area contributed by atoms with E-state index in [1.807, 2.05) is 0 Å². The average molecular weight is 454 g/mol. The van der Waals surface area contributed by atoms with Crippen LogP contribution in [0.25, 0.3) is 11.3 Å². The first-order chi connectivity index (χ1) is 16.0. The second-order valence-electron chi connectivity index (χ2n) is 9.14. The lowest BCUT2D eigenvalue weighted by Gasteiger charge is -2.37. The van der Waals surface area contributed by atoms with Gasteiger partial charge in [0.15, 0.2) is 0 Å². The number of hydrogen-bond acceptors (Lipinski definition) is 10. The number of likely N-dealkylation sites (N-methyl/N-ethyl adjacent to an activating group) is 1. The Kier molecular flexibility index (Phi) is 5.75. The van der Waals surface area contributed by atoms with Gasteiger partial charge in [-0.15, -0.1) is 0 Å². The van der Waals surface area contributed by atoms with E-state index in [0.29, 0.717) is 25.7 Å². The van der Waals surface area contributed by atoms with Crippen LogP contribution in [0.1, 0.15) is 18.9 Å². The predicted molar refractivity (Wildman–Crippen MR) is 125 cm³/mol. The van der Waals surface area contributed by atoms with Crippen LogP contribution in [0, 0.1) is 0 Å². The maximum Gasteiger partial charge on any atom is 0.233 e. The first kappa shape index (κ1) is 21.8. The fourth-order valence-corrected chi connectivity index (χ4v) is 5.05. The lowest BCUT2D eigenvalue weighted by Crippen LogP contribution is -2.49. The van der Waals surface area contributed by atoms with Gasteiger partial charge < -0.3 is 25.6 Å². The number of anilines is 3. The molecule has 2 aromatic rings. The van der Waals surface area contributed by atoms with Crippen molar-refractivity contribution in [3.63, 3.8) is 0 Å². The Hall–Kier alpha value is -3.05. The molecule has 3 aliphatic heterocycles. The van der Waals surface area contributed by atoms with E-state index < -0.39 is 0 Å². The number of amides is 1. The zero-order valence-electron chi connectivity index (χ0n) is 19.3. The van der Waals surface area contributed by atoms with Crippen molar-refractivity contribution in [3.8, 4) is 11.3 Å². The lowest BCUT2D eigenvalue weighted by atomic mass is 9.99. The van der Waals surface area contributed by atoms with Crippen LogP contribution in [0.4, 0.5) is 17.7 Å². The Morgan fingerprint density at radius 2 is 1.94 bits per heavy atom. The van der Waals surface area contributed by atoms with Gasteiger partial charge in [0, 0.05) is 63.3 Å². The number of likely N-dealkylation sites (tertiary alicyclic amines) is 1. The third kappa shape index (κ3) is 4.18. The van der Waals surface area contributed by atoms with Crippen LogP contribution >= 0.6 is 0 Å². The van der Waals surface area contributed by atoms with Crippen molar-refractivity contribution >= 4 is 23.6 Å². The highest BCUT2D eigenvalue weighted by molar-refractivity contribution is 5.78. The molecule has 0 spiro atoms. The van der Waals surface area contributed by atoms with E-state index in [1.54, 1.807) is 19.4 Å². The summed E-state index contributed by atoms with van der Waals surface area (Å²) in [4.78, 5) is 37.2. The first-order valence-electron chi connectivity index (χ1n) is 11.5. The smallest absolute Gasteiger partial charge is 0.233 e. The fraction of sp³-hybridized carbons (Fsp3) is 0.591. The molecule has 0 saturated carbocycles. The summed E-state index contributed by atoms with van der Waals surface area (Å²) >= 11 is 0. The highest BCUT2D eigenvalue weighted by Crippen LogP contribution is 2.41. The van der Waals surface area contributed by atoms with E-state index in [9.17, 15) is 4.79 Å². The van der Waals surface area contributed by atoms with E-state index in [-0.39, 0.29) is 17.4 Å². The number of hydrogen-bond donors (Lipinski definition) is 2. The van der Waals surface area contributed by atoms with E-state index in [2.05, 4.69) is 36.9 Å². The van der Waals surface area contributed by atoms with Crippen molar-refractivity contribution in [2.24, 2.45) is 0 Å². The zero-order valence-corrected chi connectivity index (χ0v) is 19.3. The van der Waals surface area contributed by atoms with Crippen LogP contribution in [0.2, 0.25) is 0 Å². The van der Waals surface area contributed by atoms with Gasteiger partial charge in [-0.3, -0.25) is 9.69 Å². The first-order valence-corrected chi connectivity index (χ1v) is 11.5. The SMILES string of the molecule is CNC(=O)CN1CC[C@@](C)(N2CCc3c(-c4cnc(N)nc4)nc(N4CCOCC4)nc32)C1. The lowest BCUT2D eigenvalue weighted by molar-refractivity contribution is -0.121. The third-order valence-electron chi connectivity index (χ3n) is 6.88.